The fraction of sp³-hybridized carbons (Fsp3) is 0.812. The van der Waals surface area contributed by atoms with E-state index in [9.17, 15) is 5.11 Å². The molecule has 1 saturated carbocycles. The normalized spacial score (nSPS) is 25.1. The number of nitrogens with zero attached hydrogens (tertiary/aromatic N) is 2. The number of hydrogen-bond donors (Lipinski definition) is 1. The zero-order chi connectivity index (χ0) is 14.7. The molecule has 0 saturated heterocycles. The average molecular weight is 343 g/mol. The van der Waals surface area contributed by atoms with Gasteiger partial charge in [-0.15, -0.1) is 0 Å². The van der Waals surface area contributed by atoms with Gasteiger partial charge < -0.3 is 5.11 Å². The van der Waals surface area contributed by atoms with Gasteiger partial charge in [0, 0.05) is 6.54 Å². The highest BCUT2D eigenvalue weighted by atomic mass is 79.9. The van der Waals surface area contributed by atoms with E-state index in [1.54, 1.807) is 0 Å². The van der Waals surface area contributed by atoms with Crippen LogP contribution in [0.3, 0.4) is 0 Å². The highest BCUT2D eigenvalue weighted by Gasteiger charge is 2.31. The number of rotatable bonds is 5. The molecule has 2 rings (SSSR count). The zero-order valence-electron chi connectivity index (χ0n) is 12.8. The Hall–Kier alpha value is -0.350. The molecule has 1 atom stereocenters. The monoisotopic (exact) mass is 342 g/mol. The molecule has 1 heterocycles. The van der Waals surface area contributed by atoms with Crippen LogP contribution in [0.2, 0.25) is 0 Å². The van der Waals surface area contributed by atoms with Crippen molar-refractivity contribution in [2.45, 2.75) is 65.5 Å². The molecule has 1 fully saturated rings. The van der Waals surface area contributed by atoms with E-state index in [1.807, 2.05) is 10.9 Å². The van der Waals surface area contributed by atoms with Crippen molar-refractivity contribution in [3.63, 3.8) is 0 Å². The predicted octanol–water partition coefficient (Wildman–Crippen LogP) is 4.55. The number of aryl methyl sites for hydroxylation is 1. The number of aliphatic hydroxyl groups excluding tert-OH is 1. The molecule has 0 amide bonds. The fourth-order valence-electron chi connectivity index (χ4n) is 3.41. The lowest BCUT2D eigenvalue weighted by Crippen LogP contribution is -2.24. The van der Waals surface area contributed by atoms with Crippen molar-refractivity contribution >= 4 is 15.9 Å². The summed E-state index contributed by atoms with van der Waals surface area (Å²) in [7, 11) is 0. The molecule has 1 aliphatic carbocycles. The van der Waals surface area contributed by atoms with Gasteiger partial charge in [-0.2, -0.15) is 5.10 Å². The lowest BCUT2D eigenvalue weighted by molar-refractivity contribution is 0.0594. The summed E-state index contributed by atoms with van der Waals surface area (Å²) in [5.74, 6) is 1.99. The Labute approximate surface area is 130 Å². The summed E-state index contributed by atoms with van der Waals surface area (Å²) in [6, 6.07) is 0. The van der Waals surface area contributed by atoms with Gasteiger partial charge in [0.15, 0.2) is 0 Å². The Bertz CT molecular complexity index is 422. The lowest BCUT2D eigenvalue weighted by Gasteiger charge is -2.33. The maximum absolute atomic E-state index is 10.8. The Morgan fingerprint density at radius 2 is 1.90 bits per heavy atom. The number of aromatic nitrogens is 2. The minimum Gasteiger partial charge on any atom is -0.386 e. The second-order valence-corrected chi connectivity index (χ2v) is 7.32. The van der Waals surface area contributed by atoms with Crippen LogP contribution >= 0.6 is 15.9 Å². The maximum Gasteiger partial charge on any atom is 0.0996 e. The van der Waals surface area contributed by atoms with Crippen molar-refractivity contribution < 1.29 is 5.11 Å². The minimum atomic E-state index is -0.383. The molecule has 0 spiro atoms. The van der Waals surface area contributed by atoms with E-state index in [0.29, 0.717) is 5.92 Å². The van der Waals surface area contributed by atoms with E-state index >= 15 is 0 Å². The third-order valence-electron chi connectivity index (χ3n) is 4.75. The van der Waals surface area contributed by atoms with E-state index in [0.717, 1.165) is 47.8 Å². The molecule has 1 aliphatic rings. The Morgan fingerprint density at radius 1 is 1.30 bits per heavy atom. The van der Waals surface area contributed by atoms with Gasteiger partial charge in [0.05, 0.1) is 22.5 Å². The Morgan fingerprint density at radius 3 is 2.45 bits per heavy atom. The van der Waals surface area contributed by atoms with Crippen molar-refractivity contribution in [1.82, 2.24) is 9.78 Å². The fourth-order valence-corrected chi connectivity index (χ4v) is 3.94. The maximum atomic E-state index is 10.8. The van der Waals surface area contributed by atoms with Crippen molar-refractivity contribution in [2.75, 3.05) is 0 Å². The molecule has 1 aromatic heterocycles. The van der Waals surface area contributed by atoms with E-state index in [4.69, 9.17) is 0 Å². The summed E-state index contributed by atoms with van der Waals surface area (Å²) in [6.45, 7) is 7.64. The third kappa shape index (κ3) is 3.45. The molecule has 0 aliphatic heterocycles. The molecule has 0 aromatic carbocycles. The Kier molecular flexibility index (Phi) is 5.67. The van der Waals surface area contributed by atoms with Gasteiger partial charge in [0.25, 0.3) is 0 Å². The van der Waals surface area contributed by atoms with Crippen molar-refractivity contribution in [3.8, 4) is 0 Å². The quantitative estimate of drug-likeness (QED) is 0.852. The molecule has 114 valence electrons. The molecule has 1 unspecified atom stereocenters. The van der Waals surface area contributed by atoms with E-state index in [1.165, 1.54) is 12.8 Å². The third-order valence-corrected chi connectivity index (χ3v) is 5.37. The van der Waals surface area contributed by atoms with Crippen LogP contribution in [0, 0.1) is 17.8 Å². The van der Waals surface area contributed by atoms with Crippen LogP contribution in [0.1, 0.15) is 64.7 Å². The highest BCUT2D eigenvalue weighted by molar-refractivity contribution is 9.10. The van der Waals surface area contributed by atoms with Gasteiger partial charge in [-0.25, -0.2) is 0 Å². The molecular formula is C16H27BrN2O. The second kappa shape index (κ2) is 7.08. The molecule has 0 radical (unpaired) electrons. The van der Waals surface area contributed by atoms with Crippen molar-refractivity contribution in [3.05, 3.63) is 16.4 Å². The summed E-state index contributed by atoms with van der Waals surface area (Å²) < 4.78 is 2.91. The molecule has 1 aromatic rings. The van der Waals surface area contributed by atoms with Gasteiger partial charge in [0.1, 0.15) is 0 Å². The molecule has 3 nitrogen and oxygen atoms in total. The number of aliphatic hydroxyl groups is 1. The first-order chi connectivity index (χ1) is 9.54. The Balaban J connectivity index is 2.05. The zero-order valence-corrected chi connectivity index (χ0v) is 14.4. The van der Waals surface area contributed by atoms with Crippen LogP contribution < -0.4 is 0 Å². The summed E-state index contributed by atoms with van der Waals surface area (Å²) >= 11 is 3.55. The second-order valence-electron chi connectivity index (χ2n) is 6.46. The van der Waals surface area contributed by atoms with Gasteiger partial charge in [-0.3, -0.25) is 4.68 Å². The molecule has 1 N–H and O–H groups in total. The molecule has 20 heavy (non-hydrogen) atoms. The van der Waals surface area contributed by atoms with Crippen LogP contribution in [0.25, 0.3) is 0 Å². The number of hydrogen-bond acceptors (Lipinski definition) is 2. The largest absolute Gasteiger partial charge is 0.386 e. The van der Waals surface area contributed by atoms with Crippen molar-refractivity contribution in [2.24, 2.45) is 17.8 Å². The minimum absolute atomic E-state index is 0.383. The number of halogens is 1. The summed E-state index contributed by atoms with van der Waals surface area (Å²) in [5, 5.41) is 15.1. The smallest absolute Gasteiger partial charge is 0.0996 e. The molecule has 4 heteroatoms. The molecule has 0 bridgehead atoms. The highest BCUT2D eigenvalue weighted by Crippen LogP contribution is 2.40. The first-order valence-electron chi connectivity index (χ1n) is 7.93. The van der Waals surface area contributed by atoms with Crippen molar-refractivity contribution in [1.29, 1.82) is 0 Å². The van der Waals surface area contributed by atoms with Gasteiger partial charge in [0.2, 0.25) is 0 Å². The van der Waals surface area contributed by atoms with Crippen LogP contribution in [0.4, 0.5) is 0 Å². The predicted molar refractivity (Wildman–Crippen MR) is 85.5 cm³/mol. The SMILES string of the molecule is CCCn1ncc(Br)c1C(O)C1CCC(C(C)C)CC1. The first-order valence-corrected chi connectivity index (χ1v) is 8.73. The molecular weight excluding hydrogens is 316 g/mol. The van der Waals surface area contributed by atoms with Crippen LogP contribution in [-0.2, 0) is 6.54 Å². The average Bonchev–Trinajstić information content (AvgIpc) is 2.79. The van der Waals surface area contributed by atoms with Gasteiger partial charge in [-0.05, 0) is 65.8 Å². The van der Waals surface area contributed by atoms with E-state index in [-0.39, 0.29) is 6.10 Å². The summed E-state index contributed by atoms with van der Waals surface area (Å²) in [4.78, 5) is 0. The van der Waals surface area contributed by atoms with E-state index in [2.05, 4.69) is 41.8 Å². The van der Waals surface area contributed by atoms with Crippen LogP contribution in [0.15, 0.2) is 10.7 Å². The topological polar surface area (TPSA) is 38.0 Å². The van der Waals surface area contributed by atoms with Gasteiger partial charge in [-0.1, -0.05) is 20.8 Å². The standard InChI is InChI=1S/C16H27BrN2O/c1-4-9-19-15(14(17)10-18-19)16(20)13-7-5-12(6-8-13)11(2)3/h10-13,16,20H,4-9H2,1-3H3. The van der Waals surface area contributed by atoms with Crippen LogP contribution in [-0.4, -0.2) is 14.9 Å². The summed E-state index contributed by atoms with van der Waals surface area (Å²) in [6.07, 6.45) is 7.23. The summed E-state index contributed by atoms with van der Waals surface area (Å²) in [5.41, 5.74) is 0.972. The van der Waals surface area contributed by atoms with Gasteiger partial charge >= 0.3 is 0 Å². The lowest BCUT2D eigenvalue weighted by atomic mass is 9.75. The van der Waals surface area contributed by atoms with Crippen LogP contribution in [0.5, 0.6) is 0 Å². The van der Waals surface area contributed by atoms with E-state index < -0.39 is 0 Å². The first kappa shape index (κ1) is 16.0.